The van der Waals surface area contributed by atoms with Crippen LogP contribution in [0.2, 0.25) is 0 Å². The highest BCUT2D eigenvalue weighted by Gasteiger charge is 2.31. The molecule has 4 nitrogen and oxygen atoms in total. The Morgan fingerprint density at radius 3 is 2.85 bits per heavy atom. The van der Waals surface area contributed by atoms with Crippen molar-refractivity contribution >= 4 is 21.7 Å². The van der Waals surface area contributed by atoms with Crippen LogP contribution in [0.3, 0.4) is 0 Å². The molecule has 2 unspecified atom stereocenters. The van der Waals surface area contributed by atoms with Crippen LogP contribution in [-0.4, -0.2) is 38.8 Å². The van der Waals surface area contributed by atoms with Crippen LogP contribution in [0.15, 0.2) is 22.7 Å². The Labute approximate surface area is 127 Å². The number of ketones is 1. The fourth-order valence-corrected chi connectivity index (χ4v) is 2.69. The van der Waals surface area contributed by atoms with E-state index in [1.165, 1.54) is 0 Å². The molecule has 0 radical (unpaired) electrons. The molecule has 1 saturated heterocycles. The van der Waals surface area contributed by atoms with Gasteiger partial charge in [0.05, 0.1) is 11.1 Å². The molecule has 0 aromatic heterocycles. The van der Waals surface area contributed by atoms with Crippen molar-refractivity contribution in [2.45, 2.75) is 19.4 Å². The van der Waals surface area contributed by atoms with Gasteiger partial charge in [-0.2, -0.15) is 0 Å². The van der Waals surface area contributed by atoms with Gasteiger partial charge in [-0.1, -0.05) is 6.92 Å². The topological polar surface area (TPSA) is 44.8 Å². The summed E-state index contributed by atoms with van der Waals surface area (Å²) in [6.45, 7) is 3.72. The van der Waals surface area contributed by atoms with Crippen LogP contribution >= 0.6 is 15.9 Å². The van der Waals surface area contributed by atoms with Crippen LogP contribution < -0.4 is 4.74 Å². The third-order valence-electron chi connectivity index (χ3n) is 3.41. The first kappa shape index (κ1) is 15.5. The number of carbonyl (C=O) groups is 1. The number of carbonyl (C=O) groups excluding carboxylic acids is 1. The maximum atomic E-state index is 12.4. The molecule has 20 heavy (non-hydrogen) atoms. The predicted octanol–water partition coefficient (Wildman–Crippen LogP) is 3.08. The number of ether oxygens (including phenoxy) is 3. The van der Waals surface area contributed by atoms with Gasteiger partial charge in [-0.05, 0) is 46.5 Å². The molecule has 1 aliphatic rings. The van der Waals surface area contributed by atoms with Crippen LogP contribution in [0.1, 0.15) is 23.7 Å². The van der Waals surface area contributed by atoms with E-state index in [0.717, 1.165) is 10.9 Å². The zero-order valence-electron chi connectivity index (χ0n) is 11.7. The fourth-order valence-electron chi connectivity index (χ4n) is 2.20. The average molecular weight is 343 g/mol. The van der Waals surface area contributed by atoms with Crippen LogP contribution in [0, 0.1) is 5.92 Å². The molecular formula is C15H19BrO4. The molecule has 110 valence electrons. The summed E-state index contributed by atoms with van der Waals surface area (Å²) in [7, 11) is 1.63. The van der Waals surface area contributed by atoms with E-state index in [2.05, 4.69) is 15.9 Å². The highest BCUT2D eigenvalue weighted by Crippen LogP contribution is 2.29. The highest BCUT2D eigenvalue weighted by atomic mass is 79.9. The standard InChI is InChI=1S/C15H19BrO4/c1-10-5-6-20-15(10)14(17)11-3-4-13(12(16)9-11)19-8-7-18-2/h3-4,9-10,15H,5-8H2,1-2H3. The lowest BCUT2D eigenvalue weighted by atomic mass is 9.96. The van der Waals surface area contributed by atoms with E-state index in [9.17, 15) is 4.79 Å². The maximum absolute atomic E-state index is 12.4. The van der Waals surface area contributed by atoms with Gasteiger partial charge in [0, 0.05) is 19.3 Å². The van der Waals surface area contributed by atoms with E-state index >= 15 is 0 Å². The van der Waals surface area contributed by atoms with E-state index in [0.29, 0.717) is 31.1 Å². The zero-order valence-corrected chi connectivity index (χ0v) is 13.3. The van der Waals surface area contributed by atoms with Crippen molar-refractivity contribution in [3.8, 4) is 5.75 Å². The van der Waals surface area contributed by atoms with Crippen LogP contribution in [0.4, 0.5) is 0 Å². The van der Waals surface area contributed by atoms with Crippen molar-refractivity contribution in [3.63, 3.8) is 0 Å². The van der Waals surface area contributed by atoms with Crippen molar-refractivity contribution in [3.05, 3.63) is 28.2 Å². The van der Waals surface area contributed by atoms with Crippen LogP contribution in [0.25, 0.3) is 0 Å². The lowest BCUT2D eigenvalue weighted by molar-refractivity contribution is 0.0579. The molecule has 0 spiro atoms. The Bertz CT molecular complexity index is 475. The first-order valence-electron chi connectivity index (χ1n) is 6.70. The SMILES string of the molecule is COCCOc1ccc(C(=O)C2OCCC2C)cc1Br. The highest BCUT2D eigenvalue weighted by molar-refractivity contribution is 9.10. The minimum absolute atomic E-state index is 0.0409. The summed E-state index contributed by atoms with van der Waals surface area (Å²) in [5, 5.41) is 0. The molecule has 5 heteroatoms. The molecule has 0 saturated carbocycles. The molecule has 1 aliphatic heterocycles. The number of hydrogen-bond acceptors (Lipinski definition) is 4. The Balaban J connectivity index is 2.06. The molecule has 0 aliphatic carbocycles. The van der Waals surface area contributed by atoms with E-state index in [1.807, 2.05) is 6.92 Å². The third-order valence-corrected chi connectivity index (χ3v) is 4.03. The van der Waals surface area contributed by atoms with Crippen molar-refractivity contribution < 1.29 is 19.0 Å². The van der Waals surface area contributed by atoms with E-state index in [1.54, 1.807) is 25.3 Å². The molecule has 2 rings (SSSR count). The molecule has 2 atom stereocenters. The molecule has 0 N–H and O–H groups in total. The van der Waals surface area contributed by atoms with Gasteiger partial charge in [-0.25, -0.2) is 0 Å². The smallest absolute Gasteiger partial charge is 0.191 e. The van der Waals surface area contributed by atoms with Crippen LogP contribution in [0.5, 0.6) is 5.75 Å². The second-order valence-corrected chi connectivity index (χ2v) is 5.76. The van der Waals surface area contributed by atoms with Crippen molar-refractivity contribution in [2.24, 2.45) is 5.92 Å². The molecule has 1 heterocycles. The van der Waals surface area contributed by atoms with Crippen molar-refractivity contribution in [2.75, 3.05) is 26.9 Å². The molecule has 0 amide bonds. The molecule has 1 aromatic carbocycles. The molecular weight excluding hydrogens is 324 g/mol. The van der Waals surface area contributed by atoms with E-state index in [-0.39, 0.29) is 17.8 Å². The van der Waals surface area contributed by atoms with Gasteiger partial charge >= 0.3 is 0 Å². The van der Waals surface area contributed by atoms with Gasteiger partial charge in [-0.3, -0.25) is 4.79 Å². The number of hydrogen-bond donors (Lipinski definition) is 0. The van der Waals surface area contributed by atoms with Crippen molar-refractivity contribution in [1.29, 1.82) is 0 Å². The largest absolute Gasteiger partial charge is 0.490 e. The molecule has 1 aromatic rings. The summed E-state index contributed by atoms with van der Waals surface area (Å²) in [5.74, 6) is 1.03. The van der Waals surface area contributed by atoms with Gasteiger partial charge in [0.25, 0.3) is 0 Å². The van der Waals surface area contributed by atoms with E-state index < -0.39 is 0 Å². The Morgan fingerprint density at radius 1 is 1.45 bits per heavy atom. The number of halogens is 1. The second-order valence-electron chi connectivity index (χ2n) is 4.91. The summed E-state index contributed by atoms with van der Waals surface area (Å²) in [5.41, 5.74) is 0.648. The molecule has 0 bridgehead atoms. The lowest BCUT2D eigenvalue weighted by Crippen LogP contribution is -2.25. The average Bonchev–Trinajstić information content (AvgIpc) is 2.86. The summed E-state index contributed by atoms with van der Waals surface area (Å²) in [4.78, 5) is 12.4. The first-order chi connectivity index (χ1) is 9.63. The van der Waals surface area contributed by atoms with Crippen LogP contribution in [-0.2, 0) is 9.47 Å². The summed E-state index contributed by atoms with van der Waals surface area (Å²) in [6, 6.07) is 5.37. The minimum Gasteiger partial charge on any atom is -0.490 e. The Kier molecular flexibility index (Phi) is 5.57. The fraction of sp³-hybridized carbons (Fsp3) is 0.533. The van der Waals surface area contributed by atoms with Gasteiger partial charge in [0.1, 0.15) is 18.5 Å². The number of Topliss-reactive ketones (excluding diaryl/α,β-unsaturated/α-hetero) is 1. The van der Waals surface area contributed by atoms with Gasteiger partial charge in [0.15, 0.2) is 5.78 Å². The predicted molar refractivity (Wildman–Crippen MR) is 79.4 cm³/mol. The summed E-state index contributed by atoms with van der Waals surface area (Å²) >= 11 is 3.43. The minimum atomic E-state index is -0.317. The lowest BCUT2D eigenvalue weighted by Gasteiger charge is -2.14. The normalized spacial score (nSPS) is 21.9. The van der Waals surface area contributed by atoms with E-state index in [4.69, 9.17) is 14.2 Å². The Morgan fingerprint density at radius 2 is 2.25 bits per heavy atom. The van der Waals surface area contributed by atoms with Gasteiger partial charge in [0.2, 0.25) is 0 Å². The quantitative estimate of drug-likeness (QED) is 0.588. The van der Waals surface area contributed by atoms with Gasteiger partial charge in [-0.15, -0.1) is 0 Å². The monoisotopic (exact) mass is 342 g/mol. The summed E-state index contributed by atoms with van der Waals surface area (Å²) in [6.07, 6.45) is 0.623. The number of methoxy groups -OCH3 is 1. The maximum Gasteiger partial charge on any atom is 0.191 e. The number of benzene rings is 1. The Hall–Kier alpha value is -0.910. The number of rotatable bonds is 6. The first-order valence-corrected chi connectivity index (χ1v) is 7.50. The second kappa shape index (κ2) is 7.20. The third kappa shape index (κ3) is 3.59. The molecule has 1 fully saturated rings. The zero-order chi connectivity index (χ0) is 14.5. The van der Waals surface area contributed by atoms with Crippen molar-refractivity contribution in [1.82, 2.24) is 0 Å². The summed E-state index contributed by atoms with van der Waals surface area (Å²) < 4.78 is 16.8. The van der Waals surface area contributed by atoms with Gasteiger partial charge < -0.3 is 14.2 Å².